The molecule has 0 saturated carbocycles. The highest BCUT2D eigenvalue weighted by Gasteiger charge is 2.17. The van der Waals surface area contributed by atoms with Crippen LogP contribution < -0.4 is 5.32 Å². The summed E-state index contributed by atoms with van der Waals surface area (Å²) < 4.78 is 35.4. The Labute approximate surface area is 142 Å². The minimum Gasteiger partial charge on any atom is -0.466 e. The van der Waals surface area contributed by atoms with Crippen LogP contribution in [-0.2, 0) is 19.1 Å². The summed E-state index contributed by atoms with van der Waals surface area (Å²) in [6, 6.07) is 1.24. The second-order valence-corrected chi connectivity index (χ2v) is 4.99. The highest BCUT2D eigenvalue weighted by Crippen LogP contribution is 2.20. The fourth-order valence-electron chi connectivity index (χ4n) is 1.63. The number of carbonyl (C=O) groups is 3. The lowest BCUT2D eigenvalue weighted by Gasteiger charge is -2.08. The van der Waals surface area contributed by atoms with Crippen LogP contribution >= 0.6 is 11.6 Å². The molecule has 132 valence electrons. The van der Waals surface area contributed by atoms with Crippen LogP contribution in [0.2, 0.25) is 5.02 Å². The van der Waals surface area contributed by atoms with Crippen molar-refractivity contribution in [3.8, 4) is 0 Å². The van der Waals surface area contributed by atoms with Crippen molar-refractivity contribution in [2.45, 2.75) is 19.8 Å². The van der Waals surface area contributed by atoms with Gasteiger partial charge in [0.05, 0.1) is 17.2 Å². The molecular formula is C15H16ClF2NO5. The van der Waals surface area contributed by atoms with Gasteiger partial charge < -0.3 is 14.8 Å². The molecule has 0 saturated heterocycles. The van der Waals surface area contributed by atoms with E-state index in [4.69, 9.17) is 16.3 Å². The zero-order valence-electron chi connectivity index (χ0n) is 12.9. The minimum absolute atomic E-state index is 0.151. The zero-order valence-corrected chi connectivity index (χ0v) is 13.6. The van der Waals surface area contributed by atoms with Crippen molar-refractivity contribution in [2.24, 2.45) is 0 Å². The smallest absolute Gasteiger partial charge is 0.340 e. The minimum atomic E-state index is -1.25. The maximum atomic E-state index is 13.1. The van der Waals surface area contributed by atoms with E-state index in [0.29, 0.717) is 18.6 Å². The van der Waals surface area contributed by atoms with E-state index in [0.717, 1.165) is 0 Å². The molecule has 0 fully saturated rings. The average Bonchev–Trinajstić information content (AvgIpc) is 2.53. The van der Waals surface area contributed by atoms with Gasteiger partial charge in [0.25, 0.3) is 5.91 Å². The second kappa shape index (κ2) is 9.82. The summed E-state index contributed by atoms with van der Waals surface area (Å²) in [5, 5.41) is 2.11. The Hall–Kier alpha value is -2.22. The Morgan fingerprint density at radius 1 is 1.17 bits per heavy atom. The van der Waals surface area contributed by atoms with E-state index >= 15 is 0 Å². The molecule has 9 heteroatoms. The molecule has 24 heavy (non-hydrogen) atoms. The molecule has 1 N–H and O–H groups in total. The van der Waals surface area contributed by atoms with Crippen molar-refractivity contribution in [1.29, 1.82) is 0 Å². The normalized spacial score (nSPS) is 10.2. The lowest BCUT2D eigenvalue weighted by molar-refractivity contribution is -0.143. The van der Waals surface area contributed by atoms with Gasteiger partial charge in [0.15, 0.2) is 18.2 Å². The molecule has 6 nitrogen and oxygen atoms in total. The van der Waals surface area contributed by atoms with Gasteiger partial charge in [0, 0.05) is 13.0 Å². The Balaban J connectivity index is 2.35. The quantitative estimate of drug-likeness (QED) is 0.435. The van der Waals surface area contributed by atoms with Crippen molar-refractivity contribution in [3.05, 3.63) is 34.4 Å². The van der Waals surface area contributed by atoms with Crippen molar-refractivity contribution in [1.82, 2.24) is 5.32 Å². The van der Waals surface area contributed by atoms with Gasteiger partial charge in [-0.1, -0.05) is 11.6 Å². The predicted molar refractivity (Wildman–Crippen MR) is 80.5 cm³/mol. The summed E-state index contributed by atoms with van der Waals surface area (Å²) >= 11 is 5.62. The van der Waals surface area contributed by atoms with Gasteiger partial charge in [0.2, 0.25) is 0 Å². The third kappa shape index (κ3) is 6.49. The number of nitrogens with one attached hydrogen (secondary N) is 1. The van der Waals surface area contributed by atoms with Crippen molar-refractivity contribution >= 4 is 29.4 Å². The van der Waals surface area contributed by atoms with E-state index in [1.54, 1.807) is 6.92 Å². The third-order valence-corrected chi connectivity index (χ3v) is 3.06. The van der Waals surface area contributed by atoms with Crippen LogP contribution in [0.3, 0.4) is 0 Å². The average molecular weight is 364 g/mol. The summed E-state index contributed by atoms with van der Waals surface area (Å²) in [7, 11) is 0. The highest BCUT2D eigenvalue weighted by atomic mass is 35.5. The maximum absolute atomic E-state index is 13.1. The van der Waals surface area contributed by atoms with Crippen LogP contribution in [0.4, 0.5) is 8.78 Å². The molecule has 1 aromatic rings. The van der Waals surface area contributed by atoms with E-state index in [2.05, 4.69) is 10.1 Å². The van der Waals surface area contributed by atoms with E-state index in [-0.39, 0.29) is 36.1 Å². The number of benzene rings is 1. The topological polar surface area (TPSA) is 81.7 Å². The number of rotatable bonds is 8. The molecule has 0 heterocycles. The lowest BCUT2D eigenvalue weighted by Crippen LogP contribution is -2.30. The highest BCUT2D eigenvalue weighted by molar-refractivity contribution is 6.33. The molecule has 1 rings (SSSR count). The number of ether oxygens (including phenoxy) is 2. The Bertz CT molecular complexity index is 624. The largest absolute Gasteiger partial charge is 0.466 e. The summed E-state index contributed by atoms with van der Waals surface area (Å²) in [5.41, 5.74) is -0.384. The van der Waals surface area contributed by atoms with Crippen LogP contribution in [0.1, 0.15) is 30.1 Å². The van der Waals surface area contributed by atoms with Gasteiger partial charge in [-0.3, -0.25) is 9.59 Å². The summed E-state index contributed by atoms with van der Waals surface area (Å²) in [4.78, 5) is 34.2. The van der Waals surface area contributed by atoms with Crippen molar-refractivity contribution < 1.29 is 32.6 Å². The first-order chi connectivity index (χ1) is 11.3. The van der Waals surface area contributed by atoms with Crippen LogP contribution in [0, 0.1) is 11.6 Å². The van der Waals surface area contributed by atoms with E-state index in [9.17, 15) is 23.2 Å². The number of carbonyl (C=O) groups excluding carboxylic acids is 3. The molecule has 0 bridgehead atoms. The standard InChI is InChI=1S/C15H16ClF2NO5/c1-2-23-14(21)4-3-5-19-13(20)8-24-15(22)9-6-11(17)12(18)7-10(9)16/h6-7H,2-5,8H2,1H3,(H,19,20). The summed E-state index contributed by atoms with van der Waals surface area (Å²) in [6.07, 6.45) is 0.520. The second-order valence-electron chi connectivity index (χ2n) is 4.58. The van der Waals surface area contributed by atoms with Gasteiger partial charge in [-0.25, -0.2) is 13.6 Å². The predicted octanol–water partition coefficient (Wildman–Crippen LogP) is 2.23. The van der Waals surface area contributed by atoms with Gasteiger partial charge >= 0.3 is 11.9 Å². The monoisotopic (exact) mass is 363 g/mol. The lowest BCUT2D eigenvalue weighted by atomic mass is 10.2. The van der Waals surface area contributed by atoms with E-state index in [1.165, 1.54) is 0 Å². The zero-order chi connectivity index (χ0) is 18.1. The first kappa shape index (κ1) is 19.8. The molecule has 0 radical (unpaired) electrons. The van der Waals surface area contributed by atoms with Gasteiger partial charge in [0.1, 0.15) is 0 Å². The molecular weight excluding hydrogens is 348 g/mol. The summed E-state index contributed by atoms with van der Waals surface area (Å²) in [6.45, 7) is 1.55. The SMILES string of the molecule is CCOC(=O)CCCNC(=O)COC(=O)c1cc(F)c(F)cc1Cl. The Morgan fingerprint density at radius 3 is 2.50 bits per heavy atom. The molecule has 0 aromatic heterocycles. The van der Waals surface area contributed by atoms with Crippen LogP contribution in [0.5, 0.6) is 0 Å². The van der Waals surface area contributed by atoms with E-state index < -0.39 is 30.1 Å². The Kier molecular flexibility index (Phi) is 8.11. The number of halogens is 3. The van der Waals surface area contributed by atoms with Crippen molar-refractivity contribution in [3.63, 3.8) is 0 Å². The van der Waals surface area contributed by atoms with Crippen LogP contribution in [0.15, 0.2) is 12.1 Å². The van der Waals surface area contributed by atoms with Gasteiger partial charge in [-0.15, -0.1) is 0 Å². The van der Waals surface area contributed by atoms with E-state index in [1.807, 2.05) is 0 Å². The maximum Gasteiger partial charge on any atom is 0.340 e. The first-order valence-corrected chi connectivity index (χ1v) is 7.47. The molecule has 0 unspecified atom stereocenters. The fourth-order valence-corrected chi connectivity index (χ4v) is 1.86. The van der Waals surface area contributed by atoms with Crippen molar-refractivity contribution in [2.75, 3.05) is 19.8 Å². The number of hydrogen-bond acceptors (Lipinski definition) is 5. The van der Waals surface area contributed by atoms with Crippen LogP contribution in [-0.4, -0.2) is 37.6 Å². The third-order valence-electron chi connectivity index (χ3n) is 2.75. The molecule has 0 aliphatic rings. The van der Waals surface area contributed by atoms with Gasteiger partial charge in [-0.05, 0) is 25.5 Å². The molecule has 1 aromatic carbocycles. The molecule has 1 amide bonds. The molecule has 0 atom stereocenters. The number of esters is 2. The van der Waals surface area contributed by atoms with Crippen LogP contribution in [0.25, 0.3) is 0 Å². The molecule has 0 aliphatic heterocycles. The molecule has 0 spiro atoms. The number of hydrogen-bond donors (Lipinski definition) is 1. The Morgan fingerprint density at radius 2 is 1.83 bits per heavy atom. The van der Waals surface area contributed by atoms with Gasteiger partial charge in [-0.2, -0.15) is 0 Å². The molecule has 0 aliphatic carbocycles. The fraction of sp³-hybridized carbons (Fsp3) is 0.400. The summed E-state index contributed by atoms with van der Waals surface area (Å²) in [5.74, 6) is -4.48. The first-order valence-electron chi connectivity index (χ1n) is 7.09. The number of amides is 1.